The molecule has 114 valence electrons. The van der Waals surface area contributed by atoms with Gasteiger partial charge in [0.1, 0.15) is 6.54 Å². The third-order valence-electron chi connectivity index (χ3n) is 3.61. The van der Waals surface area contributed by atoms with E-state index in [0.29, 0.717) is 11.6 Å². The highest BCUT2D eigenvalue weighted by molar-refractivity contribution is 6.30. The van der Waals surface area contributed by atoms with E-state index in [1.165, 1.54) is 4.90 Å². The highest BCUT2D eigenvalue weighted by Crippen LogP contribution is 2.48. The molecule has 1 aromatic carbocycles. The largest absolute Gasteiger partial charge is 0.480 e. The summed E-state index contributed by atoms with van der Waals surface area (Å²) in [5, 5.41) is 9.62. The van der Waals surface area contributed by atoms with Gasteiger partial charge in [0.15, 0.2) is 0 Å². The first-order valence-corrected chi connectivity index (χ1v) is 7.52. The van der Waals surface area contributed by atoms with Crippen molar-refractivity contribution in [2.45, 2.75) is 26.2 Å². The standard InChI is InChI=1S/C16H20ClNO3/c1-10(2)8-18(9-15(19)20)16(21)14-7-13(14)11-4-3-5-12(17)6-11/h3-6,10,13-14H,7-9H2,1-2H3,(H,19,20). The van der Waals surface area contributed by atoms with Crippen LogP contribution in [0.3, 0.4) is 0 Å². The van der Waals surface area contributed by atoms with Gasteiger partial charge >= 0.3 is 5.97 Å². The van der Waals surface area contributed by atoms with E-state index in [9.17, 15) is 9.59 Å². The topological polar surface area (TPSA) is 57.6 Å². The van der Waals surface area contributed by atoms with Crippen molar-refractivity contribution < 1.29 is 14.7 Å². The maximum Gasteiger partial charge on any atom is 0.323 e. The Morgan fingerprint density at radius 3 is 2.71 bits per heavy atom. The highest BCUT2D eigenvalue weighted by Gasteiger charge is 2.46. The first kappa shape index (κ1) is 15.8. The molecule has 0 spiro atoms. The highest BCUT2D eigenvalue weighted by atomic mass is 35.5. The monoisotopic (exact) mass is 309 g/mol. The minimum absolute atomic E-state index is 0.0592. The van der Waals surface area contributed by atoms with Gasteiger partial charge in [-0.1, -0.05) is 37.6 Å². The summed E-state index contributed by atoms with van der Waals surface area (Å²) < 4.78 is 0. The Kier molecular flexibility index (Phi) is 4.88. The molecule has 0 aliphatic heterocycles. The smallest absolute Gasteiger partial charge is 0.323 e. The zero-order chi connectivity index (χ0) is 15.6. The maximum atomic E-state index is 12.5. The van der Waals surface area contributed by atoms with Gasteiger partial charge in [0.05, 0.1) is 0 Å². The Bertz CT molecular complexity index is 544. The second kappa shape index (κ2) is 6.48. The van der Waals surface area contributed by atoms with E-state index in [1.54, 1.807) is 6.07 Å². The molecule has 2 atom stereocenters. The summed E-state index contributed by atoms with van der Waals surface area (Å²) in [4.78, 5) is 24.9. The van der Waals surface area contributed by atoms with Gasteiger partial charge in [0.25, 0.3) is 0 Å². The molecular formula is C16H20ClNO3. The first-order chi connectivity index (χ1) is 9.88. The van der Waals surface area contributed by atoms with Crippen LogP contribution >= 0.6 is 11.6 Å². The zero-order valence-electron chi connectivity index (χ0n) is 12.3. The quantitative estimate of drug-likeness (QED) is 0.879. The number of carboxylic acid groups (broad SMARTS) is 1. The number of carbonyl (C=O) groups excluding carboxylic acids is 1. The lowest BCUT2D eigenvalue weighted by Gasteiger charge is -2.23. The molecule has 5 heteroatoms. The van der Waals surface area contributed by atoms with Crippen LogP contribution in [0, 0.1) is 11.8 Å². The summed E-state index contributed by atoms with van der Waals surface area (Å²) in [6.07, 6.45) is 0.771. The fraction of sp³-hybridized carbons (Fsp3) is 0.500. The van der Waals surface area contributed by atoms with Crippen LogP contribution < -0.4 is 0 Å². The third kappa shape index (κ3) is 4.21. The van der Waals surface area contributed by atoms with Gasteiger partial charge < -0.3 is 10.0 Å². The predicted octanol–water partition coefficient (Wildman–Crippen LogP) is 3.01. The van der Waals surface area contributed by atoms with Gasteiger partial charge in [0, 0.05) is 17.5 Å². The van der Waals surface area contributed by atoms with Crippen molar-refractivity contribution in [1.29, 1.82) is 0 Å². The Morgan fingerprint density at radius 1 is 1.43 bits per heavy atom. The molecular weight excluding hydrogens is 290 g/mol. The zero-order valence-corrected chi connectivity index (χ0v) is 13.0. The Hall–Kier alpha value is -1.55. The third-order valence-corrected chi connectivity index (χ3v) is 3.84. The lowest BCUT2D eigenvalue weighted by molar-refractivity contribution is -0.145. The Labute approximate surface area is 129 Å². The van der Waals surface area contributed by atoms with Crippen LogP contribution in [0.25, 0.3) is 0 Å². The summed E-state index contributed by atoms with van der Waals surface area (Å²) in [7, 11) is 0. The molecule has 1 amide bonds. The molecule has 2 rings (SSSR count). The van der Waals surface area contributed by atoms with Crippen molar-refractivity contribution in [2.24, 2.45) is 11.8 Å². The van der Waals surface area contributed by atoms with Gasteiger partial charge in [-0.2, -0.15) is 0 Å². The van der Waals surface area contributed by atoms with E-state index in [0.717, 1.165) is 12.0 Å². The molecule has 0 saturated heterocycles. The summed E-state index contributed by atoms with van der Waals surface area (Å²) in [5.41, 5.74) is 1.06. The molecule has 1 N–H and O–H groups in total. The first-order valence-electron chi connectivity index (χ1n) is 7.14. The van der Waals surface area contributed by atoms with E-state index >= 15 is 0 Å². The normalized spacial score (nSPS) is 20.4. The van der Waals surface area contributed by atoms with E-state index in [-0.39, 0.29) is 30.2 Å². The molecule has 1 aromatic rings. The van der Waals surface area contributed by atoms with Crippen LogP contribution in [0.15, 0.2) is 24.3 Å². The molecule has 1 saturated carbocycles. The van der Waals surface area contributed by atoms with Crippen LogP contribution in [-0.2, 0) is 9.59 Å². The molecule has 0 aromatic heterocycles. The molecule has 0 heterocycles. The number of amides is 1. The molecule has 0 radical (unpaired) electrons. The molecule has 1 aliphatic rings. The van der Waals surface area contributed by atoms with Crippen molar-refractivity contribution in [3.8, 4) is 0 Å². The summed E-state index contributed by atoms with van der Waals surface area (Å²) in [5.74, 6) is -0.724. The Morgan fingerprint density at radius 2 is 2.14 bits per heavy atom. The van der Waals surface area contributed by atoms with Crippen molar-refractivity contribution in [2.75, 3.05) is 13.1 Å². The van der Waals surface area contributed by atoms with Crippen molar-refractivity contribution in [3.05, 3.63) is 34.9 Å². The number of rotatable bonds is 6. The molecule has 21 heavy (non-hydrogen) atoms. The minimum atomic E-state index is -0.969. The number of carboxylic acids is 1. The summed E-state index contributed by atoms with van der Waals surface area (Å²) in [6, 6.07) is 7.53. The van der Waals surface area contributed by atoms with Gasteiger partial charge in [-0.05, 0) is 36.0 Å². The fourth-order valence-corrected chi connectivity index (χ4v) is 2.84. The Balaban J connectivity index is 2.04. The molecule has 2 unspecified atom stereocenters. The molecule has 4 nitrogen and oxygen atoms in total. The van der Waals surface area contributed by atoms with Crippen molar-refractivity contribution >= 4 is 23.5 Å². The van der Waals surface area contributed by atoms with Crippen molar-refractivity contribution in [1.82, 2.24) is 4.90 Å². The van der Waals surface area contributed by atoms with E-state index in [1.807, 2.05) is 32.0 Å². The number of benzene rings is 1. The number of aliphatic carboxylic acids is 1. The lowest BCUT2D eigenvalue weighted by atomic mass is 10.1. The number of nitrogens with zero attached hydrogens (tertiary/aromatic N) is 1. The average molecular weight is 310 g/mol. The van der Waals surface area contributed by atoms with Gasteiger partial charge in [0.2, 0.25) is 5.91 Å². The second-order valence-electron chi connectivity index (χ2n) is 6.01. The summed E-state index contributed by atoms with van der Waals surface area (Å²) >= 11 is 5.97. The molecule has 1 aliphatic carbocycles. The maximum absolute atomic E-state index is 12.5. The number of hydrogen-bond donors (Lipinski definition) is 1. The van der Waals surface area contributed by atoms with E-state index in [4.69, 9.17) is 16.7 Å². The van der Waals surface area contributed by atoms with E-state index < -0.39 is 5.97 Å². The predicted molar refractivity (Wildman–Crippen MR) is 81.4 cm³/mol. The lowest BCUT2D eigenvalue weighted by Crippen LogP contribution is -2.39. The number of hydrogen-bond acceptors (Lipinski definition) is 2. The van der Waals surface area contributed by atoms with Crippen molar-refractivity contribution in [3.63, 3.8) is 0 Å². The van der Waals surface area contributed by atoms with E-state index in [2.05, 4.69) is 0 Å². The van der Waals surface area contributed by atoms with Crippen LogP contribution in [-0.4, -0.2) is 35.0 Å². The second-order valence-corrected chi connectivity index (χ2v) is 6.45. The van der Waals surface area contributed by atoms with Crippen LogP contribution in [0.5, 0.6) is 0 Å². The van der Waals surface area contributed by atoms with Crippen LogP contribution in [0.1, 0.15) is 31.7 Å². The molecule has 0 bridgehead atoms. The summed E-state index contributed by atoms with van der Waals surface area (Å²) in [6.45, 7) is 4.20. The molecule has 1 fully saturated rings. The van der Waals surface area contributed by atoms with Crippen LogP contribution in [0.4, 0.5) is 0 Å². The number of carbonyl (C=O) groups is 2. The fourth-order valence-electron chi connectivity index (χ4n) is 2.64. The van der Waals surface area contributed by atoms with Gasteiger partial charge in [-0.15, -0.1) is 0 Å². The number of halogens is 1. The van der Waals surface area contributed by atoms with Gasteiger partial charge in [-0.25, -0.2) is 0 Å². The SMILES string of the molecule is CC(C)CN(CC(=O)O)C(=O)C1CC1c1cccc(Cl)c1. The van der Waals surface area contributed by atoms with Gasteiger partial charge in [-0.3, -0.25) is 9.59 Å². The average Bonchev–Trinajstić information content (AvgIpc) is 3.16. The minimum Gasteiger partial charge on any atom is -0.480 e. The van der Waals surface area contributed by atoms with Crippen LogP contribution in [0.2, 0.25) is 5.02 Å².